The molecule has 0 radical (unpaired) electrons. The zero-order chi connectivity index (χ0) is 13.8. The smallest absolute Gasteiger partial charge is 0.303 e. The van der Waals surface area contributed by atoms with E-state index in [9.17, 15) is 9.59 Å². The Morgan fingerprint density at radius 3 is 2.61 bits per heavy atom. The molecule has 0 saturated carbocycles. The van der Waals surface area contributed by atoms with Gasteiger partial charge >= 0.3 is 5.97 Å². The van der Waals surface area contributed by atoms with Gasteiger partial charge in [0.25, 0.3) is 0 Å². The van der Waals surface area contributed by atoms with Gasteiger partial charge in [-0.05, 0) is 24.5 Å². The Morgan fingerprint density at radius 2 is 2.11 bits per heavy atom. The number of furan rings is 1. The third-order valence-electron chi connectivity index (χ3n) is 2.62. The molecule has 1 rings (SSSR count). The molecule has 0 aliphatic carbocycles. The van der Waals surface area contributed by atoms with Crippen LogP contribution in [0.15, 0.2) is 22.8 Å². The number of aliphatic carboxylic acids is 1. The highest BCUT2D eigenvalue weighted by Crippen LogP contribution is 2.25. The molecule has 1 aromatic heterocycles. The highest BCUT2D eigenvalue weighted by molar-refractivity contribution is 5.78. The van der Waals surface area contributed by atoms with Gasteiger partial charge in [0, 0.05) is 6.42 Å². The van der Waals surface area contributed by atoms with Crippen molar-refractivity contribution in [2.45, 2.75) is 39.7 Å². The van der Waals surface area contributed by atoms with E-state index in [0.717, 1.165) is 0 Å². The first-order chi connectivity index (χ1) is 8.30. The molecule has 5 heteroatoms. The molecule has 5 nitrogen and oxygen atoms in total. The number of nitrogens with one attached hydrogen (secondary N) is 1. The molecule has 0 bridgehead atoms. The van der Waals surface area contributed by atoms with Gasteiger partial charge in [0.2, 0.25) is 5.91 Å². The molecule has 1 heterocycles. The SMILES string of the molecule is C[C@H](NC(=O)CC(C)(C)CC(=O)O)c1ccco1. The Balaban J connectivity index is 2.49. The number of rotatable bonds is 6. The van der Waals surface area contributed by atoms with Crippen molar-refractivity contribution in [3.8, 4) is 0 Å². The molecule has 100 valence electrons. The molecule has 0 aliphatic rings. The van der Waals surface area contributed by atoms with E-state index < -0.39 is 11.4 Å². The fourth-order valence-corrected chi connectivity index (χ4v) is 1.81. The normalized spacial score (nSPS) is 13.1. The summed E-state index contributed by atoms with van der Waals surface area (Å²) in [6.45, 7) is 5.34. The van der Waals surface area contributed by atoms with Crippen LogP contribution in [0.2, 0.25) is 0 Å². The number of carboxylic acids is 1. The highest BCUT2D eigenvalue weighted by atomic mass is 16.4. The van der Waals surface area contributed by atoms with Crippen molar-refractivity contribution in [2.24, 2.45) is 5.41 Å². The number of amides is 1. The van der Waals surface area contributed by atoms with Crippen LogP contribution in [0.1, 0.15) is 45.4 Å². The fourth-order valence-electron chi connectivity index (χ4n) is 1.81. The van der Waals surface area contributed by atoms with Crippen LogP contribution in [0.4, 0.5) is 0 Å². The number of carbonyl (C=O) groups excluding carboxylic acids is 1. The lowest BCUT2D eigenvalue weighted by molar-refractivity contribution is -0.139. The lowest BCUT2D eigenvalue weighted by Gasteiger charge is -2.22. The maximum atomic E-state index is 11.8. The van der Waals surface area contributed by atoms with Gasteiger partial charge in [-0.2, -0.15) is 0 Å². The van der Waals surface area contributed by atoms with Crippen LogP contribution < -0.4 is 5.32 Å². The summed E-state index contributed by atoms with van der Waals surface area (Å²) in [7, 11) is 0. The first-order valence-corrected chi connectivity index (χ1v) is 5.85. The minimum atomic E-state index is -0.896. The molecule has 2 N–H and O–H groups in total. The second-order valence-electron chi connectivity index (χ2n) is 5.22. The van der Waals surface area contributed by atoms with Crippen LogP contribution in [0.25, 0.3) is 0 Å². The third-order valence-corrected chi connectivity index (χ3v) is 2.62. The van der Waals surface area contributed by atoms with Crippen molar-refractivity contribution in [1.29, 1.82) is 0 Å². The minimum absolute atomic E-state index is 0.0322. The average Bonchev–Trinajstić information content (AvgIpc) is 2.65. The van der Waals surface area contributed by atoms with E-state index >= 15 is 0 Å². The summed E-state index contributed by atoms with van der Waals surface area (Å²) in [5.41, 5.74) is -0.557. The van der Waals surface area contributed by atoms with Crippen molar-refractivity contribution in [3.05, 3.63) is 24.2 Å². The van der Waals surface area contributed by atoms with E-state index in [1.54, 1.807) is 32.2 Å². The van der Waals surface area contributed by atoms with Crippen LogP contribution in [-0.2, 0) is 9.59 Å². The Morgan fingerprint density at radius 1 is 1.44 bits per heavy atom. The summed E-state index contributed by atoms with van der Waals surface area (Å²) in [6.07, 6.45) is 1.69. The molecule has 0 saturated heterocycles. The number of hydrogen-bond donors (Lipinski definition) is 2. The zero-order valence-corrected chi connectivity index (χ0v) is 10.9. The van der Waals surface area contributed by atoms with Crippen LogP contribution in [0.5, 0.6) is 0 Å². The van der Waals surface area contributed by atoms with Gasteiger partial charge in [-0.1, -0.05) is 13.8 Å². The van der Waals surface area contributed by atoms with Crippen LogP contribution in [-0.4, -0.2) is 17.0 Å². The molecular weight excluding hydrogens is 234 g/mol. The lowest BCUT2D eigenvalue weighted by atomic mass is 9.85. The van der Waals surface area contributed by atoms with Gasteiger partial charge in [0.1, 0.15) is 5.76 Å². The zero-order valence-electron chi connectivity index (χ0n) is 10.9. The summed E-state index contributed by atoms with van der Waals surface area (Å²) in [5.74, 6) is -0.392. The van der Waals surface area contributed by atoms with Gasteiger partial charge in [-0.3, -0.25) is 9.59 Å². The quantitative estimate of drug-likeness (QED) is 0.815. The summed E-state index contributed by atoms with van der Waals surface area (Å²) in [6, 6.07) is 3.33. The summed E-state index contributed by atoms with van der Waals surface area (Å²) in [5, 5.41) is 11.5. The summed E-state index contributed by atoms with van der Waals surface area (Å²) < 4.78 is 5.18. The van der Waals surface area contributed by atoms with Crippen LogP contribution in [0, 0.1) is 5.41 Å². The van der Waals surface area contributed by atoms with Crippen molar-refractivity contribution in [1.82, 2.24) is 5.32 Å². The monoisotopic (exact) mass is 253 g/mol. The Hall–Kier alpha value is -1.78. The molecule has 0 spiro atoms. The second-order valence-corrected chi connectivity index (χ2v) is 5.22. The molecule has 1 atom stereocenters. The molecule has 0 unspecified atom stereocenters. The van der Waals surface area contributed by atoms with Crippen molar-refractivity contribution < 1.29 is 19.1 Å². The van der Waals surface area contributed by atoms with Crippen molar-refractivity contribution in [2.75, 3.05) is 0 Å². The molecular formula is C13H19NO4. The predicted molar refractivity (Wildman–Crippen MR) is 65.9 cm³/mol. The topological polar surface area (TPSA) is 79.5 Å². The first-order valence-electron chi connectivity index (χ1n) is 5.85. The molecule has 1 amide bonds. The van der Waals surface area contributed by atoms with Gasteiger partial charge in [-0.25, -0.2) is 0 Å². The van der Waals surface area contributed by atoms with Gasteiger partial charge in [-0.15, -0.1) is 0 Å². The van der Waals surface area contributed by atoms with E-state index in [1.165, 1.54) is 0 Å². The van der Waals surface area contributed by atoms with Gasteiger partial charge in [0.15, 0.2) is 0 Å². The van der Waals surface area contributed by atoms with E-state index in [1.807, 2.05) is 6.92 Å². The van der Waals surface area contributed by atoms with Crippen LogP contribution in [0.3, 0.4) is 0 Å². The van der Waals surface area contributed by atoms with E-state index in [2.05, 4.69) is 5.32 Å². The van der Waals surface area contributed by atoms with Gasteiger partial charge < -0.3 is 14.8 Å². The molecule has 0 fully saturated rings. The van der Waals surface area contributed by atoms with E-state index in [-0.39, 0.29) is 24.8 Å². The first kappa shape index (κ1) is 14.3. The number of carbonyl (C=O) groups is 2. The highest BCUT2D eigenvalue weighted by Gasteiger charge is 2.26. The molecule has 1 aromatic rings. The largest absolute Gasteiger partial charge is 0.481 e. The molecule has 18 heavy (non-hydrogen) atoms. The summed E-state index contributed by atoms with van der Waals surface area (Å²) >= 11 is 0. The molecule has 0 aliphatic heterocycles. The lowest BCUT2D eigenvalue weighted by Crippen LogP contribution is -2.31. The Labute approximate surface area is 106 Å². The number of hydrogen-bond acceptors (Lipinski definition) is 3. The second kappa shape index (κ2) is 5.71. The van der Waals surface area contributed by atoms with Gasteiger partial charge in [0.05, 0.1) is 18.7 Å². The Kier molecular flexibility index (Phi) is 4.53. The van der Waals surface area contributed by atoms with Crippen LogP contribution >= 0.6 is 0 Å². The predicted octanol–water partition coefficient (Wildman–Crippen LogP) is 2.35. The maximum absolute atomic E-state index is 11.8. The Bertz CT molecular complexity index is 409. The molecule has 0 aromatic carbocycles. The maximum Gasteiger partial charge on any atom is 0.303 e. The van der Waals surface area contributed by atoms with Crippen molar-refractivity contribution >= 4 is 11.9 Å². The fraction of sp³-hybridized carbons (Fsp3) is 0.538. The standard InChI is InChI=1S/C13H19NO4/c1-9(10-5-4-6-18-10)14-11(15)7-13(2,3)8-12(16)17/h4-6,9H,7-8H2,1-3H3,(H,14,15)(H,16,17)/t9-/m0/s1. The number of carboxylic acid groups (broad SMARTS) is 1. The summed E-state index contributed by atoms with van der Waals surface area (Å²) in [4.78, 5) is 22.5. The average molecular weight is 253 g/mol. The van der Waals surface area contributed by atoms with E-state index in [0.29, 0.717) is 5.76 Å². The minimum Gasteiger partial charge on any atom is -0.481 e. The van der Waals surface area contributed by atoms with Crippen molar-refractivity contribution in [3.63, 3.8) is 0 Å². The van der Waals surface area contributed by atoms with E-state index in [4.69, 9.17) is 9.52 Å². The third kappa shape index (κ3) is 4.61.